The first-order valence-corrected chi connectivity index (χ1v) is 9.86. The Bertz CT molecular complexity index is 89.7. The monoisotopic (exact) mass is 262 g/mol. The van der Waals surface area contributed by atoms with Crippen molar-refractivity contribution < 1.29 is 0 Å². The second-order valence-electron chi connectivity index (χ2n) is 1.96. The Labute approximate surface area is 84.2 Å². The SMILES string of the molecule is CS(Cl)(Cl)CCC[SH](Cl)Cl. The summed E-state index contributed by atoms with van der Waals surface area (Å²) in [5, 5.41) is 0. The van der Waals surface area contributed by atoms with Gasteiger partial charge in [-0.05, 0) is 12.7 Å². The Morgan fingerprint density at radius 3 is 2.10 bits per heavy atom. The summed E-state index contributed by atoms with van der Waals surface area (Å²) in [5.74, 6) is 1.66. The molecule has 0 amide bonds. The quantitative estimate of drug-likeness (QED) is 0.713. The van der Waals surface area contributed by atoms with Gasteiger partial charge >= 0.3 is 0 Å². The van der Waals surface area contributed by atoms with E-state index in [0.717, 1.165) is 17.9 Å². The highest BCUT2D eigenvalue weighted by Crippen LogP contribution is 2.55. The van der Waals surface area contributed by atoms with Gasteiger partial charge in [0.05, 0.1) is 0 Å². The van der Waals surface area contributed by atoms with Gasteiger partial charge in [0.1, 0.15) is 0 Å². The van der Waals surface area contributed by atoms with E-state index >= 15 is 0 Å². The maximum Gasteiger partial charge on any atom is 0.00355 e. The van der Waals surface area contributed by atoms with Crippen molar-refractivity contribution in [2.45, 2.75) is 6.42 Å². The molecule has 0 nitrogen and oxygen atoms in total. The van der Waals surface area contributed by atoms with E-state index in [2.05, 4.69) is 0 Å². The second kappa shape index (κ2) is 5.50. The third kappa shape index (κ3) is 9.86. The van der Waals surface area contributed by atoms with Crippen molar-refractivity contribution in [1.29, 1.82) is 0 Å². The van der Waals surface area contributed by atoms with Crippen LogP contribution in [0.25, 0.3) is 0 Å². The highest BCUT2D eigenvalue weighted by Gasteiger charge is 2.09. The molecule has 66 valence electrons. The van der Waals surface area contributed by atoms with Crippen molar-refractivity contribution in [1.82, 2.24) is 0 Å². The average Bonchev–Trinajstić information content (AvgIpc) is 1.59. The van der Waals surface area contributed by atoms with E-state index in [4.69, 9.17) is 42.7 Å². The molecule has 0 aromatic rings. The molecular formula is C4H10Cl4S2. The topological polar surface area (TPSA) is 0 Å². The average molecular weight is 264 g/mol. The fourth-order valence-corrected chi connectivity index (χ4v) is 3.07. The predicted molar refractivity (Wildman–Crippen MR) is 60.3 cm³/mol. The lowest BCUT2D eigenvalue weighted by Gasteiger charge is -2.18. The van der Waals surface area contributed by atoms with E-state index in [1.807, 2.05) is 6.26 Å². The van der Waals surface area contributed by atoms with Crippen LogP contribution in [0.2, 0.25) is 0 Å². The van der Waals surface area contributed by atoms with Crippen LogP contribution in [0.1, 0.15) is 6.42 Å². The Balaban J connectivity index is 3.21. The van der Waals surface area contributed by atoms with E-state index < -0.39 is 17.8 Å². The van der Waals surface area contributed by atoms with E-state index in [9.17, 15) is 0 Å². The Morgan fingerprint density at radius 2 is 1.80 bits per heavy atom. The zero-order valence-electron chi connectivity index (χ0n) is 5.49. The molecule has 0 fully saturated rings. The molecule has 6 heteroatoms. The molecule has 0 aliphatic carbocycles. The van der Waals surface area contributed by atoms with Gasteiger partial charge in [-0.2, -0.15) is 0 Å². The summed E-state index contributed by atoms with van der Waals surface area (Å²) in [6.07, 6.45) is 2.78. The Hall–Kier alpha value is 1.86. The van der Waals surface area contributed by atoms with E-state index in [1.54, 1.807) is 0 Å². The van der Waals surface area contributed by atoms with Gasteiger partial charge in [0, 0.05) is 11.5 Å². The lowest BCUT2D eigenvalue weighted by molar-refractivity contribution is 1.13. The molecule has 0 aromatic carbocycles. The highest BCUT2D eigenvalue weighted by atomic mass is 36.0. The summed E-state index contributed by atoms with van der Waals surface area (Å²) >= 11 is 0. The predicted octanol–water partition coefficient (Wildman–Crippen LogP) is 4.43. The van der Waals surface area contributed by atoms with Gasteiger partial charge in [-0.25, -0.2) is 0 Å². The minimum Gasteiger partial charge on any atom is -0.0960 e. The minimum atomic E-state index is -1.38. The molecule has 10 heavy (non-hydrogen) atoms. The molecule has 0 N–H and O–H groups in total. The van der Waals surface area contributed by atoms with Crippen LogP contribution in [0.3, 0.4) is 0 Å². The van der Waals surface area contributed by atoms with Crippen LogP contribution >= 0.6 is 60.5 Å². The van der Waals surface area contributed by atoms with Crippen LogP contribution in [0.4, 0.5) is 0 Å². The smallest absolute Gasteiger partial charge is 0.00355 e. The molecule has 0 rings (SSSR count). The van der Waals surface area contributed by atoms with E-state index in [1.165, 1.54) is 0 Å². The number of thiol groups is 1. The lowest BCUT2D eigenvalue weighted by atomic mass is 10.6. The molecule has 0 spiro atoms. The maximum absolute atomic E-state index is 5.79. The summed E-state index contributed by atoms with van der Waals surface area (Å²) < 4.78 is 0. The molecule has 0 saturated heterocycles. The zero-order valence-corrected chi connectivity index (χ0v) is 10.2. The second-order valence-corrected chi connectivity index (χ2v) is 12.7. The Kier molecular flexibility index (Phi) is 6.52. The van der Waals surface area contributed by atoms with Crippen LogP contribution in [0, 0.1) is 0 Å². The maximum atomic E-state index is 5.79. The van der Waals surface area contributed by atoms with Crippen molar-refractivity contribution in [3.63, 3.8) is 0 Å². The van der Waals surface area contributed by atoms with Crippen molar-refractivity contribution in [3.05, 3.63) is 0 Å². The largest absolute Gasteiger partial charge is 0.0960 e. The van der Waals surface area contributed by atoms with Crippen LogP contribution in [0.15, 0.2) is 0 Å². The van der Waals surface area contributed by atoms with Crippen molar-refractivity contribution in [2.24, 2.45) is 0 Å². The molecule has 0 heterocycles. The van der Waals surface area contributed by atoms with Crippen LogP contribution in [-0.4, -0.2) is 17.8 Å². The standard InChI is InChI=1S/C4H10Cl4S2/c1-10(7,8)4-2-3-9(5)6/h9H,2-4H2,1H3. The Morgan fingerprint density at radius 1 is 1.30 bits per heavy atom. The molecule has 0 bridgehead atoms. The molecule has 0 saturated carbocycles. The summed E-state index contributed by atoms with van der Waals surface area (Å²) in [5.41, 5.74) is 0. The first-order chi connectivity index (χ1) is 4.42. The van der Waals surface area contributed by atoms with Crippen molar-refractivity contribution in [2.75, 3.05) is 17.8 Å². The summed E-state index contributed by atoms with van der Waals surface area (Å²) in [7, 11) is 20.5. The van der Waals surface area contributed by atoms with Crippen molar-refractivity contribution >= 4 is 60.5 Å². The van der Waals surface area contributed by atoms with Gasteiger partial charge in [0.25, 0.3) is 0 Å². The number of hydrogen-bond acceptors (Lipinski definition) is 0. The molecule has 0 aliphatic heterocycles. The number of hydrogen-bond donors (Lipinski definition) is 1. The minimum absolute atomic E-state index is 0.813. The van der Waals surface area contributed by atoms with Crippen LogP contribution in [-0.2, 0) is 0 Å². The first kappa shape index (κ1) is 11.9. The summed E-state index contributed by atoms with van der Waals surface area (Å²) in [4.78, 5) is 0. The normalized spacial score (nSPS) is 15.1. The van der Waals surface area contributed by atoms with Crippen LogP contribution < -0.4 is 0 Å². The molecule has 0 atom stereocenters. The van der Waals surface area contributed by atoms with Gasteiger partial charge in [-0.3, -0.25) is 0 Å². The number of halogens is 4. The van der Waals surface area contributed by atoms with Gasteiger partial charge in [0.15, 0.2) is 0 Å². The molecule has 0 aliphatic rings. The zero-order chi connectivity index (χ0) is 8.20. The molecule has 0 radical (unpaired) electrons. The van der Waals surface area contributed by atoms with Gasteiger partial charge in [-0.15, -0.1) is 0 Å². The summed E-state index contributed by atoms with van der Waals surface area (Å²) in [6.45, 7) is 0. The van der Waals surface area contributed by atoms with Gasteiger partial charge in [0.2, 0.25) is 0 Å². The fraction of sp³-hybridized carbons (Fsp3) is 1.00. The third-order valence-electron chi connectivity index (χ3n) is 0.830. The van der Waals surface area contributed by atoms with E-state index in [0.29, 0.717) is 0 Å². The lowest BCUT2D eigenvalue weighted by Crippen LogP contribution is -1.90. The van der Waals surface area contributed by atoms with Crippen LogP contribution in [0.5, 0.6) is 0 Å². The van der Waals surface area contributed by atoms with E-state index in [-0.39, 0.29) is 0 Å². The van der Waals surface area contributed by atoms with Gasteiger partial charge in [-0.1, -0.05) is 60.5 Å². The fourth-order valence-electron chi connectivity index (χ4n) is 0.438. The first-order valence-electron chi connectivity index (χ1n) is 2.66. The van der Waals surface area contributed by atoms with Gasteiger partial charge < -0.3 is 0 Å². The third-order valence-corrected chi connectivity index (χ3v) is 4.43. The highest BCUT2D eigenvalue weighted by molar-refractivity contribution is 8.65. The number of rotatable bonds is 4. The molecular weight excluding hydrogens is 254 g/mol. The summed E-state index contributed by atoms with van der Waals surface area (Å²) in [6, 6.07) is 0. The molecule has 0 aromatic heterocycles. The van der Waals surface area contributed by atoms with Crippen molar-refractivity contribution in [3.8, 4) is 0 Å². The molecule has 0 unspecified atom stereocenters.